The number of anilines is 2. The number of nitrogens with one attached hydrogen (secondary N) is 2. The summed E-state index contributed by atoms with van der Waals surface area (Å²) in [7, 11) is 0. The number of carbonyl (C=O) groups excluding carboxylic acids is 1. The quantitative estimate of drug-likeness (QED) is 0.227. The zero-order valence-corrected chi connectivity index (χ0v) is 21.6. The molecule has 0 unspecified atom stereocenters. The number of nitrogens with zero attached hydrogens (tertiary/aromatic N) is 1. The van der Waals surface area contributed by atoms with Crippen molar-refractivity contribution in [3.05, 3.63) is 77.6 Å². The van der Waals surface area contributed by atoms with Crippen LogP contribution in [0.1, 0.15) is 60.4 Å². The highest BCUT2D eigenvalue weighted by atomic mass is 32.1. The van der Waals surface area contributed by atoms with Crippen LogP contribution in [-0.4, -0.2) is 28.0 Å². The summed E-state index contributed by atoms with van der Waals surface area (Å²) in [5.41, 5.74) is 4.52. The Balaban J connectivity index is 1.14. The summed E-state index contributed by atoms with van der Waals surface area (Å²) in [6.45, 7) is 0. The van der Waals surface area contributed by atoms with Crippen LogP contribution in [0.15, 0.2) is 60.7 Å². The molecule has 1 amide bonds. The van der Waals surface area contributed by atoms with Crippen molar-refractivity contribution in [3.63, 3.8) is 0 Å². The van der Waals surface area contributed by atoms with Crippen molar-refractivity contribution in [2.45, 2.75) is 50.5 Å². The Morgan fingerprint density at radius 3 is 2.37 bits per heavy atom. The largest absolute Gasteiger partial charge is 0.480 e. The first-order valence-corrected chi connectivity index (χ1v) is 13.9. The van der Waals surface area contributed by atoms with Gasteiger partial charge in [-0.15, -0.1) is 0 Å². The molecule has 1 aromatic heterocycles. The number of carbonyl (C=O) groups is 2. The Hall–Kier alpha value is -3.78. The molecule has 3 N–H and O–H groups in total. The van der Waals surface area contributed by atoms with E-state index in [1.807, 2.05) is 24.3 Å². The van der Waals surface area contributed by atoms with Crippen molar-refractivity contribution in [1.82, 2.24) is 10.3 Å². The maximum Gasteiger partial charge on any atom is 0.326 e. The normalized spacial score (nSPS) is 16.4. The summed E-state index contributed by atoms with van der Waals surface area (Å²) in [4.78, 5) is 29.1. The molecule has 3 aromatic carbocycles. The average Bonchev–Trinajstić information content (AvgIpc) is 3.46. The maximum atomic E-state index is 14.9. The van der Waals surface area contributed by atoms with E-state index in [0.29, 0.717) is 11.5 Å². The smallest absolute Gasteiger partial charge is 0.326 e. The van der Waals surface area contributed by atoms with E-state index in [9.17, 15) is 19.1 Å². The van der Waals surface area contributed by atoms with Crippen LogP contribution in [-0.2, 0) is 4.79 Å². The molecule has 2 fully saturated rings. The molecule has 0 aliphatic heterocycles. The number of hydrogen-bond donors (Lipinski definition) is 3. The number of thiazole rings is 1. The fourth-order valence-electron chi connectivity index (χ4n) is 5.30. The highest BCUT2D eigenvalue weighted by molar-refractivity contribution is 7.22. The van der Waals surface area contributed by atoms with Crippen LogP contribution in [0.25, 0.3) is 21.3 Å². The van der Waals surface area contributed by atoms with Gasteiger partial charge in [-0.3, -0.25) is 4.79 Å². The zero-order valence-electron chi connectivity index (χ0n) is 20.7. The van der Waals surface area contributed by atoms with Gasteiger partial charge in [-0.1, -0.05) is 48.4 Å². The topological polar surface area (TPSA) is 91.3 Å². The first kappa shape index (κ1) is 24.6. The van der Waals surface area contributed by atoms with Crippen molar-refractivity contribution in [3.8, 4) is 11.1 Å². The minimum absolute atomic E-state index is 0.117. The van der Waals surface area contributed by atoms with Crippen molar-refractivity contribution >= 4 is 44.2 Å². The lowest BCUT2D eigenvalue weighted by molar-refractivity contribution is -0.140. The molecule has 0 saturated heterocycles. The molecule has 38 heavy (non-hydrogen) atoms. The molecule has 0 bridgehead atoms. The van der Waals surface area contributed by atoms with E-state index in [2.05, 4.69) is 33.8 Å². The predicted molar refractivity (Wildman–Crippen MR) is 148 cm³/mol. The van der Waals surface area contributed by atoms with E-state index in [1.165, 1.54) is 35.2 Å². The maximum absolute atomic E-state index is 14.9. The molecule has 194 valence electrons. The van der Waals surface area contributed by atoms with Gasteiger partial charge < -0.3 is 15.7 Å². The number of rotatable bonds is 8. The third-order valence-electron chi connectivity index (χ3n) is 7.57. The van der Waals surface area contributed by atoms with Crippen LogP contribution >= 0.6 is 11.3 Å². The highest BCUT2D eigenvalue weighted by Crippen LogP contribution is 2.42. The van der Waals surface area contributed by atoms with Crippen molar-refractivity contribution < 1.29 is 19.1 Å². The first-order chi connectivity index (χ1) is 18.4. The lowest BCUT2D eigenvalue weighted by Gasteiger charge is -2.20. The van der Waals surface area contributed by atoms with Crippen molar-refractivity contribution in [2.75, 3.05) is 5.32 Å². The van der Waals surface area contributed by atoms with Gasteiger partial charge in [-0.05, 0) is 90.6 Å². The van der Waals surface area contributed by atoms with Gasteiger partial charge in [-0.25, -0.2) is 14.2 Å². The van der Waals surface area contributed by atoms with Crippen molar-refractivity contribution in [1.29, 1.82) is 0 Å². The first-order valence-electron chi connectivity index (χ1n) is 13.1. The molecule has 8 heteroatoms. The minimum atomic E-state index is -1.08. The van der Waals surface area contributed by atoms with Gasteiger partial charge in [0.2, 0.25) is 0 Å². The number of aliphatic carboxylic acids is 1. The SMILES string of the molecule is O=C(N[C@H](C(=O)O)C1CCCC1)c1ccc(-c2ccc(Nc3nc4ccc(C5CC5)cc4s3)cc2)cc1F. The number of hydrogen-bond acceptors (Lipinski definition) is 5. The third-order valence-corrected chi connectivity index (χ3v) is 8.50. The van der Waals surface area contributed by atoms with Gasteiger partial charge in [0.05, 0.1) is 15.8 Å². The van der Waals surface area contributed by atoms with E-state index < -0.39 is 23.7 Å². The Kier molecular flexibility index (Phi) is 6.57. The number of carboxylic acids is 1. The molecule has 2 aliphatic carbocycles. The average molecular weight is 530 g/mol. The number of aromatic nitrogens is 1. The summed E-state index contributed by atoms with van der Waals surface area (Å²) < 4.78 is 16.1. The number of halogens is 1. The zero-order chi connectivity index (χ0) is 26.2. The lowest BCUT2D eigenvalue weighted by Crippen LogP contribution is -2.45. The van der Waals surface area contributed by atoms with Crippen LogP contribution in [0.4, 0.5) is 15.2 Å². The number of carboxylic acid groups (broad SMARTS) is 1. The fourth-order valence-corrected chi connectivity index (χ4v) is 6.24. The van der Waals surface area contributed by atoms with Crippen LogP contribution in [0.5, 0.6) is 0 Å². The van der Waals surface area contributed by atoms with Gasteiger partial charge in [0, 0.05) is 5.69 Å². The summed E-state index contributed by atoms with van der Waals surface area (Å²) in [6, 6.07) is 17.5. The van der Waals surface area contributed by atoms with Crippen LogP contribution in [0, 0.1) is 11.7 Å². The molecule has 2 aliphatic rings. The van der Waals surface area contributed by atoms with Crippen LogP contribution < -0.4 is 10.6 Å². The third kappa shape index (κ3) is 5.13. The fraction of sp³-hybridized carbons (Fsp3) is 0.300. The van der Waals surface area contributed by atoms with Crippen LogP contribution in [0.2, 0.25) is 0 Å². The Morgan fingerprint density at radius 1 is 0.947 bits per heavy atom. The number of amides is 1. The van der Waals surface area contributed by atoms with Gasteiger partial charge in [0.25, 0.3) is 5.91 Å². The van der Waals surface area contributed by atoms with Gasteiger partial charge in [-0.2, -0.15) is 0 Å². The Morgan fingerprint density at radius 2 is 1.68 bits per heavy atom. The lowest BCUT2D eigenvalue weighted by atomic mass is 9.97. The summed E-state index contributed by atoms with van der Waals surface area (Å²) in [6.07, 6.45) is 5.95. The molecule has 4 aromatic rings. The molecule has 6 rings (SSSR count). The van der Waals surface area contributed by atoms with E-state index in [4.69, 9.17) is 0 Å². The van der Waals surface area contributed by atoms with E-state index in [-0.39, 0.29) is 11.5 Å². The predicted octanol–water partition coefficient (Wildman–Crippen LogP) is 7.10. The summed E-state index contributed by atoms with van der Waals surface area (Å²) >= 11 is 1.63. The Labute approximate surface area is 223 Å². The van der Waals surface area contributed by atoms with Gasteiger partial charge >= 0.3 is 5.97 Å². The number of fused-ring (bicyclic) bond motifs is 1. The monoisotopic (exact) mass is 529 g/mol. The van der Waals surface area contributed by atoms with Crippen LogP contribution in [0.3, 0.4) is 0 Å². The second-order valence-electron chi connectivity index (χ2n) is 10.3. The number of benzene rings is 3. The molecule has 6 nitrogen and oxygen atoms in total. The molecule has 0 spiro atoms. The molecule has 2 saturated carbocycles. The van der Waals surface area contributed by atoms with E-state index in [1.54, 1.807) is 17.4 Å². The Bertz CT molecular complexity index is 1510. The molecular weight excluding hydrogens is 501 g/mol. The molecular formula is C30H28FN3O3S. The molecule has 1 atom stereocenters. The van der Waals surface area contributed by atoms with E-state index >= 15 is 0 Å². The second kappa shape index (κ2) is 10.2. The standard InChI is InChI=1S/C30H28FN3O3S/c31-24-15-20(9-13-23(24)28(35)34-27(29(36)37)19-3-1-2-4-19)18-7-11-22(12-8-18)32-30-33-25-14-10-21(17-5-6-17)16-26(25)38-30/h7-17,19,27H,1-6H2,(H,32,33)(H,34,35)(H,36,37)/t27-/m0/s1. The second-order valence-corrected chi connectivity index (χ2v) is 11.3. The van der Waals surface area contributed by atoms with Gasteiger partial charge in [0.15, 0.2) is 5.13 Å². The minimum Gasteiger partial charge on any atom is -0.480 e. The summed E-state index contributed by atoms with van der Waals surface area (Å²) in [5, 5.41) is 16.3. The highest BCUT2D eigenvalue weighted by Gasteiger charge is 2.32. The van der Waals surface area contributed by atoms with Gasteiger partial charge in [0.1, 0.15) is 11.9 Å². The summed E-state index contributed by atoms with van der Waals surface area (Å²) in [5.74, 6) is -1.87. The van der Waals surface area contributed by atoms with Crippen molar-refractivity contribution in [2.24, 2.45) is 5.92 Å². The molecule has 0 radical (unpaired) electrons. The van der Waals surface area contributed by atoms with E-state index in [0.717, 1.165) is 47.6 Å². The molecule has 1 heterocycles.